The van der Waals surface area contributed by atoms with Crippen LogP contribution in [0, 0.1) is 20.2 Å². The monoisotopic (exact) mass is 339 g/mol. The number of esters is 1. The predicted molar refractivity (Wildman–Crippen MR) is 86.5 cm³/mol. The van der Waals surface area contributed by atoms with Crippen LogP contribution in [0.4, 0.5) is 11.4 Å². The molecule has 0 amide bonds. The summed E-state index contributed by atoms with van der Waals surface area (Å²) in [7, 11) is 0. The molecule has 2 aromatic carbocycles. The van der Waals surface area contributed by atoms with Crippen molar-refractivity contribution in [3.63, 3.8) is 0 Å². The molecule has 0 saturated heterocycles. The predicted octanol–water partition coefficient (Wildman–Crippen LogP) is 3.27. The third-order valence-electron chi connectivity index (χ3n) is 3.41. The van der Waals surface area contributed by atoms with Crippen LogP contribution in [0.3, 0.4) is 0 Å². The first kappa shape index (κ1) is 16.0. The zero-order valence-electron chi connectivity index (χ0n) is 12.5. The summed E-state index contributed by atoms with van der Waals surface area (Å²) in [6.07, 6.45) is 1.43. The van der Waals surface area contributed by atoms with Crippen molar-refractivity contribution in [2.45, 2.75) is 0 Å². The van der Waals surface area contributed by atoms with Gasteiger partial charge in [0.1, 0.15) is 5.52 Å². The van der Waals surface area contributed by atoms with Crippen LogP contribution in [0.1, 0.15) is 10.4 Å². The number of nitro groups is 2. The van der Waals surface area contributed by atoms with Crippen LogP contribution in [0.15, 0.2) is 54.7 Å². The third-order valence-corrected chi connectivity index (χ3v) is 3.41. The van der Waals surface area contributed by atoms with E-state index in [2.05, 4.69) is 4.98 Å². The quantitative estimate of drug-likeness (QED) is 0.309. The lowest BCUT2D eigenvalue weighted by molar-refractivity contribution is -0.385. The van der Waals surface area contributed by atoms with Gasteiger partial charge in [-0.2, -0.15) is 0 Å². The number of benzene rings is 2. The summed E-state index contributed by atoms with van der Waals surface area (Å²) in [6.45, 7) is 0. The van der Waals surface area contributed by atoms with Crippen molar-refractivity contribution < 1.29 is 19.4 Å². The van der Waals surface area contributed by atoms with Crippen molar-refractivity contribution in [2.24, 2.45) is 0 Å². The fraction of sp³-hybridized carbons (Fsp3) is 0. The minimum absolute atomic E-state index is 0.0211. The fourth-order valence-electron chi connectivity index (χ4n) is 2.22. The molecule has 3 rings (SSSR count). The number of ether oxygens (including phenoxy) is 1. The molecule has 0 aliphatic carbocycles. The Labute approximate surface area is 139 Å². The molecule has 0 aliphatic heterocycles. The molecular formula is C16H9N3O6. The summed E-state index contributed by atoms with van der Waals surface area (Å²) in [6, 6.07) is 10.8. The number of fused-ring (bicyclic) bond motifs is 1. The van der Waals surface area contributed by atoms with E-state index >= 15 is 0 Å². The van der Waals surface area contributed by atoms with E-state index in [0.29, 0.717) is 5.39 Å². The van der Waals surface area contributed by atoms with Gasteiger partial charge in [0.25, 0.3) is 5.69 Å². The molecule has 9 heteroatoms. The van der Waals surface area contributed by atoms with E-state index in [9.17, 15) is 25.0 Å². The standard InChI is InChI=1S/C16H9N3O6/c20-16(11-3-6-12(7-4-11)18(21)22)25-15-13(19(23)24)8-5-10-2-1-9-17-14(10)15/h1-9H. The number of hydrogen-bond acceptors (Lipinski definition) is 7. The lowest BCUT2D eigenvalue weighted by Gasteiger charge is -2.07. The Morgan fingerprint density at radius 2 is 1.68 bits per heavy atom. The Kier molecular flexibility index (Phi) is 4.04. The molecule has 25 heavy (non-hydrogen) atoms. The van der Waals surface area contributed by atoms with Gasteiger partial charge in [-0.25, -0.2) is 4.79 Å². The van der Waals surface area contributed by atoms with Crippen molar-refractivity contribution in [1.29, 1.82) is 0 Å². The van der Waals surface area contributed by atoms with Gasteiger partial charge in [-0.3, -0.25) is 25.2 Å². The van der Waals surface area contributed by atoms with Gasteiger partial charge in [-0.05, 0) is 24.3 Å². The van der Waals surface area contributed by atoms with Crippen LogP contribution in [0.2, 0.25) is 0 Å². The van der Waals surface area contributed by atoms with E-state index in [4.69, 9.17) is 4.74 Å². The largest absolute Gasteiger partial charge is 0.413 e. The zero-order chi connectivity index (χ0) is 18.0. The van der Waals surface area contributed by atoms with Gasteiger partial charge in [0, 0.05) is 29.8 Å². The molecule has 0 aliphatic rings. The zero-order valence-corrected chi connectivity index (χ0v) is 12.5. The first-order valence-corrected chi connectivity index (χ1v) is 6.96. The maximum atomic E-state index is 12.3. The molecule has 3 aromatic rings. The Hall–Kier alpha value is -3.88. The van der Waals surface area contributed by atoms with Crippen LogP contribution < -0.4 is 4.74 Å². The van der Waals surface area contributed by atoms with Crippen LogP contribution in [-0.4, -0.2) is 20.8 Å². The van der Waals surface area contributed by atoms with Crippen molar-refractivity contribution in [3.8, 4) is 5.75 Å². The lowest BCUT2D eigenvalue weighted by atomic mass is 10.1. The number of nitrogens with zero attached hydrogens (tertiary/aromatic N) is 3. The number of aromatic nitrogens is 1. The fourth-order valence-corrected chi connectivity index (χ4v) is 2.22. The highest BCUT2D eigenvalue weighted by Gasteiger charge is 2.23. The van der Waals surface area contributed by atoms with Crippen LogP contribution in [-0.2, 0) is 0 Å². The summed E-state index contributed by atoms with van der Waals surface area (Å²) in [5, 5.41) is 22.4. The first-order chi connectivity index (χ1) is 12.0. The lowest BCUT2D eigenvalue weighted by Crippen LogP contribution is -2.10. The number of carbonyl (C=O) groups is 1. The van der Waals surface area contributed by atoms with E-state index < -0.39 is 21.5 Å². The Morgan fingerprint density at radius 3 is 2.32 bits per heavy atom. The van der Waals surface area contributed by atoms with Gasteiger partial charge in [-0.15, -0.1) is 0 Å². The molecule has 0 N–H and O–H groups in total. The van der Waals surface area contributed by atoms with Crippen molar-refractivity contribution in [3.05, 3.63) is 80.5 Å². The van der Waals surface area contributed by atoms with Gasteiger partial charge in [0.2, 0.25) is 5.75 Å². The molecule has 0 spiro atoms. The SMILES string of the molecule is O=C(Oc1c([N+](=O)[O-])ccc2cccnc12)c1ccc([N+](=O)[O-])cc1. The Morgan fingerprint density at radius 1 is 0.960 bits per heavy atom. The Bertz CT molecular complexity index is 1000. The highest BCUT2D eigenvalue weighted by molar-refractivity contribution is 5.96. The van der Waals surface area contributed by atoms with Crippen molar-refractivity contribution in [2.75, 3.05) is 0 Å². The number of carbonyl (C=O) groups excluding carboxylic acids is 1. The van der Waals surface area contributed by atoms with Gasteiger partial charge in [-0.1, -0.05) is 6.07 Å². The molecule has 0 unspecified atom stereocenters. The second-order valence-corrected chi connectivity index (χ2v) is 4.94. The highest BCUT2D eigenvalue weighted by atomic mass is 16.6. The molecule has 1 heterocycles. The molecule has 0 atom stereocenters. The van der Waals surface area contributed by atoms with Gasteiger partial charge >= 0.3 is 11.7 Å². The molecule has 0 bridgehead atoms. The summed E-state index contributed by atoms with van der Waals surface area (Å²) in [5.74, 6) is -1.15. The number of rotatable bonds is 4. The van der Waals surface area contributed by atoms with Crippen molar-refractivity contribution in [1.82, 2.24) is 4.98 Å². The smallest absolute Gasteiger partial charge is 0.343 e. The highest BCUT2D eigenvalue weighted by Crippen LogP contribution is 2.34. The van der Waals surface area contributed by atoms with Gasteiger partial charge in [0.05, 0.1) is 15.4 Å². The summed E-state index contributed by atoms with van der Waals surface area (Å²) >= 11 is 0. The topological polar surface area (TPSA) is 125 Å². The van der Waals surface area contributed by atoms with Crippen LogP contribution in [0.5, 0.6) is 5.75 Å². The first-order valence-electron chi connectivity index (χ1n) is 6.96. The average Bonchev–Trinajstić information content (AvgIpc) is 2.61. The van der Waals surface area contributed by atoms with Crippen molar-refractivity contribution >= 4 is 28.2 Å². The molecule has 1 aromatic heterocycles. The number of nitro benzene ring substituents is 2. The maximum Gasteiger partial charge on any atom is 0.343 e. The Balaban J connectivity index is 2.01. The number of hydrogen-bond donors (Lipinski definition) is 0. The average molecular weight is 339 g/mol. The van der Waals surface area contributed by atoms with Crippen LogP contribution >= 0.6 is 0 Å². The number of non-ortho nitro benzene ring substituents is 1. The van der Waals surface area contributed by atoms with E-state index in [-0.39, 0.29) is 22.5 Å². The van der Waals surface area contributed by atoms with Crippen LogP contribution in [0.25, 0.3) is 10.9 Å². The summed E-state index contributed by atoms with van der Waals surface area (Å²) < 4.78 is 5.19. The normalized spacial score (nSPS) is 10.4. The molecule has 124 valence electrons. The molecule has 9 nitrogen and oxygen atoms in total. The number of pyridine rings is 1. The van der Waals surface area contributed by atoms with E-state index in [1.165, 1.54) is 30.5 Å². The summed E-state index contributed by atoms with van der Waals surface area (Å²) in [4.78, 5) is 36.9. The molecule has 0 saturated carbocycles. The third kappa shape index (κ3) is 3.11. The second kappa shape index (κ2) is 6.32. The van der Waals surface area contributed by atoms with E-state index in [1.807, 2.05) is 0 Å². The van der Waals surface area contributed by atoms with E-state index in [0.717, 1.165) is 12.1 Å². The molecule has 0 fully saturated rings. The van der Waals surface area contributed by atoms with E-state index in [1.54, 1.807) is 12.1 Å². The minimum Gasteiger partial charge on any atom is -0.413 e. The molecule has 0 radical (unpaired) electrons. The van der Waals surface area contributed by atoms with Gasteiger partial charge in [0.15, 0.2) is 0 Å². The minimum atomic E-state index is -0.879. The molecular weight excluding hydrogens is 330 g/mol. The summed E-state index contributed by atoms with van der Waals surface area (Å²) in [5.41, 5.74) is -0.393. The second-order valence-electron chi connectivity index (χ2n) is 4.94. The van der Waals surface area contributed by atoms with Gasteiger partial charge < -0.3 is 4.74 Å². The maximum absolute atomic E-state index is 12.3.